The van der Waals surface area contributed by atoms with Crippen LogP contribution in [0.3, 0.4) is 0 Å². The van der Waals surface area contributed by atoms with Crippen molar-refractivity contribution < 1.29 is 4.74 Å². The standard InChI is InChI=1S/C28H34N6O2/c1-19(2)26(27-30-31-32-34(27)17-20-9-5-4-6-10-20)33(23-11-7-8-12-23)18-22-15-21-13-14-24(36-3)16-25(21)29-28(22)35/h4-6,9-10,13-16,19,23,26H,7-8,11-12,17-18H2,1-3H3,(H,29,35)/t26-/m1/s1. The van der Waals surface area contributed by atoms with E-state index in [0.717, 1.165) is 46.4 Å². The van der Waals surface area contributed by atoms with Gasteiger partial charge in [0.2, 0.25) is 0 Å². The van der Waals surface area contributed by atoms with Crippen molar-refractivity contribution in [3.8, 4) is 5.75 Å². The molecule has 1 aliphatic rings. The van der Waals surface area contributed by atoms with Crippen molar-refractivity contribution in [2.75, 3.05) is 7.11 Å². The lowest BCUT2D eigenvalue weighted by atomic mass is 9.97. The van der Waals surface area contributed by atoms with Crippen molar-refractivity contribution in [3.05, 3.63) is 81.9 Å². The summed E-state index contributed by atoms with van der Waals surface area (Å²) in [5.74, 6) is 1.83. The van der Waals surface area contributed by atoms with Crippen LogP contribution in [0.15, 0.2) is 59.4 Å². The summed E-state index contributed by atoms with van der Waals surface area (Å²) >= 11 is 0. The van der Waals surface area contributed by atoms with E-state index in [1.54, 1.807) is 7.11 Å². The maximum atomic E-state index is 13.2. The highest BCUT2D eigenvalue weighted by atomic mass is 16.5. The molecule has 5 rings (SSSR count). The number of benzene rings is 2. The zero-order valence-corrected chi connectivity index (χ0v) is 21.2. The van der Waals surface area contributed by atoms with E-state index in [9.17, 15) is 4.79 Å². The van der Waals surface area contributed by atoms with Crippen LogP contribution < -0.4 is 10.3 Å². The Morgan fingerprint density at radius 1 is 1.11 bits per heavy atom. The monoisotopic (exact) mass is 486 g/mol. The number of aromatic nitrogens is 5. The number of rotatable bonds is 9. The van der Waals surface area contributed by atoms with Crippen LogP contribution in [-0.2, 0) is 13.1 Å². The second-order valence-electron chi connectivity index (χ2n) is 10.1. The van der Waals surface area contributed by atoms with Gasteiger partial charge in [-0.2, -0.15) is 0 Å². The minimum atomic E-state index is -0.0647. The lowest BCUT2D eigenvalue weighted by molar-refractivity contribution is 0.0844. The van der Waals surface area contributed by atoms with Crippen molar-refractivity contribution in [1.29, 1.82) is 0 Å². The van der Waals surface area contributed by atoms with E-state index < -0.39 is 0 Å². The van der Waals surface area contributed by atoms with Gasteiger partial charge in [0.15, 0.2) is 5.82 Å². The van der Waals surface area contributed by atoms with Gasteiger partial charge in [-0.1, -0.05) is 57.0 Å². The molecule has 0 amide bonds. The Balaban J connectivity index is 1.52. The van der Waals surface area contributed by atoms with Crippen molar-refractivity contribution in [2.45, 2.75) is 64.7 Å². The Morgan fingerprint density at radius 2 is 1.89 bits per heavy atom. The van der Waals surface area contributed by atoms with E-state index in [-0.39, 0.29) is 17.5 Å². The summed E-state index contributed by atoms with van der Waals surface area (Å²) in [7, 11) is 1.63. The molecule has 0 spiro atoms. The van der Waals surface area contributed by atoms with E-state index >= 15 is 0 Å². The highest BCUT2D eigenvalue weighted by Crippen LogP contribution is 2.36. The fourth-order valence-corrected chi connectivity index (χ4v) is 5.48. The number of ether oxygens (including phenoxy) is 1. The summed E-state index contributed by atoms with van der Waals surface area (Å²) in [4.78, 5) is 18.7. The molecule has 2 heterocycles. The number of tetrazole rings is 1. The van der Waals surface area contributed by atoms with Crippen LogP contribution >= 0.6 is 0 Å². The zero-order valence-electron chi connectivity index (χ0n) is 21.2. The number of pyridine rings is 1. The van der Waals surface area contributed by atoms with Gasteiger partial charge >= 0.3 is 0 Å². The molecule has 2 aromatic heterocycles. The van der Waals surface area contributed by atoms with Gasteiger partial charge in [0, 0.05) is 24.2 Å². The molecule has 1 saturated carbocycles. The first-order valence-corrected chi connectivity index (χ1v) is 12.8. The summed E-state index contributed by atoms with van der Waals surface area (Å²) in [5, 5.41) is 13.9. The largest absolute Gasteiger partial charge is 0.497 e. The lowest BCUT2D eigenvalue weighted by Crippen LogP contribution is -2.41. The Morgan fingerprint density at radius 3 is 2.61 bits per heavy atom. The molecular weight excluding hydrogens is 452 g/mol. The first-order valence-electron chi connectivity index (χ1n) is 12.8. The molecule has 188 valence electrons. The second-order valence-corrected chi connectivity index (χ2v) is 10.1. The van der Waals surface area contributed by atoms with Gasteiger partial charge < -0.3 is 9.72 Å². The van der Waals surface area contributed by atoms with E-state index in [0.29, 0.717) is 19.1 Å². The number of H-pyrrole nitrogens is 1. The predicted octanol–water partition coefficient (Wildman–Crippen LogP) is 4.71. The first-order chi connectivity index (χ1) is 17.5. The lowest BCUT2D eigenvalue weighted by Gasteiger charge is -2.38. The topological polar surface area (TPSA) is 88.9 Å². The Bertz CT molecular complexity index is 1360. The minimum absolute atomic E-state index is 0.0159. The maximum Gasteiger partial charge on any atom is 0.252 e. The van der Waals surface area contributed by atoms with E-state index in [1.807, 2.05) is 47.1 Å². The number of hydrogen-bond donors (Lipinski definition) is 1. The molecule has 8 heteroatoms. The molecule has 0 saturated heterocycles. The Kier molecular flexibility index (Phi) is 7.13. The molecule has 1 atom stereocenters. The molecule has 1 aliphatic carbocycles. The Labute approximate surface area is 211 Å². The number of aromatic amines is 1. The van der Waals surface area contributed by atoms with Crippen LogP contribution in [0.4, 0.5) is 0 Å². The Hall–Kier alpha value is -3.52. The van der Waals surface area contributed by atoms with Crippen molar-refractivity contribution in [2.24, 2.45) is 5.92 Å². The third-order valence-corrected chi connectivity index (χ3v) is 7.26. The van der Waals surface area contributed by atoms with Crippen molar-refractivity contribution >= 4 is 10.9 Å². The van der Waals surface area contributed by atoms with Crippen LogP contribution in [-0.4, -0.2) is 43.2 Å². The van der Waals surface area contributed by atoms with Crippen molar-refractivity contribution in [3.63, 3.8) is 0 Å². The number of methoxy groups -OCH3 is 1. The molecule has 8 nitrogen and oxygen atoms in total. The summed E-state index contributed by atoms with van der Waals surface area (Å²) in [6.45, 7) is 5.59. The molecule has 36 heavy (non-hydrogen) atoms. The number of nitrogens with one attached hydrogen (secondary N) is 1. The van der Waals surface area contributed by atoms with Gasteiger partial charge in [0.1, 0.15) is 5.75 Å². The normalized spacial score (nSPS) is 15.2. The fraction of sp³-hybridized carbons (Fsp3) is 0.429. The van der Waals surface area contributed by atoms with Crippen LogP contribution in [0, 0.1) is 5.92 Å². The van der Waals surface area contributed by atoms with Gasteiger partial charge in [-0.05, 0) is 58.3 Å². The maximum absolute atomic E-state index is 13.2. The summed E-state index contributed by atoms with van der Waals surface area (Å²) in [6, 6.07) is 18.4. The number of hydrogen-bond acceptors (Lipinski definition) is 6. The highest BCUT2D eigenvalue weighted by molar-refractivity contribution is 5.80. The summed E-state index contributed by atoms with van der Waals surface area (Å²) in [5.41, 5.74) is 2.63. The molecule has 0 unspecified atom stereocenters. The highest BCUT2D eigenvalue weighted by Gasteiger charge is 2.35. The molecule has 1 N–H and O–H groups in total. The smallest absolute Gasteiger partial charge is 0.252 e. The van der Waals surface area contributed by atoms with Crippen LogP contribution in [0.1, 0.15) is 62.5 Å². The molecule has 2 aromatic carbocycles. The molecule has 1 fully saturated rings. The molecule has 0 bridgehead atoms. The van der Waals surface area contributed by atoms with Gasteiger partial charge in [-0.15, -0.1) is 5.10 Å². The fourth-order valence-electron chi connectivity index (χ4n) is 5.48. The van der Waals surface area contributed by atoms with Crippen LogP contribution in [0.2, 0.25) is 0 Å². The molecule has 4 aromatic rings. The number of nitrogens with zero attached hydrogens (tertiary/aromatic N) is 5. The van der Waals surface area contributed by atoms with Gasteiger partial charge in [-0.25, -0.2) is 4.68 Å². The average Bonchev–Trinajstić information content (AvgIpc) is 3.57. The van der Waals surface area contributed by atoms with Crippen LogP contribution in [0.5, 0.6) is 5.75 Å². The van der Waals surface area contributed by atoms with E-state index in [2.05, 4.69) is 51.4 Å². The second kappa shape index (κ2) is 10.6. The van der Waals surface area contributed by atoms with Crippen LogP contribution in [0.25, 0.3) is 10.9 Å². The van der Waals surface area contributed by atoms with Crippen molar-refractivity contribution in [1.82, 2.24) is 30.1 Å². The molecule has 0 aliphatic heterocycles. The summed E-state index contributed by atoms with van der Waals surface area (Å²) in [6.07, 6.45) is 4.64. The molecular formula is C28H34N6O2. The summed E-state index contributed by atoms with van der Waals surface area (Å²) < 4.78 is 7.24. The third-order valence-electron chi connectivity index (χ3n) is 7.26. The minimum Gasteiger partial charge on any atom is -0.497 e. The quantitative estimate of drug-likeness (QED) is 0.368. The molecule has 0 radical (unpaired) electrons. The van der Waals surface area contributed by atoms with Gasteiger partial charge in [-0.3, -0.25) is 9.69 Å². The zero-order chi connectivity index (χ0) is 25.1. The van der Waals surface area contributed by atoms with Gasteiger partial charge in [0.25, 0.3) is 5.56 Å². The van der Waals surface area contributed by atoms with Gasteiger partial charge in [0.05, 0.1) is 25.2 Å². The number of fused-ring (bicyclic) bond motifs is 1. The van der Waals surface area contributed by atoms with E-state index in [1.165, 1.54) is 12.8 Å². The first kappa shape index (κ1) is 24.2. The average molecular weight is 487 g/mol. The SMILES string of the molecule is COc1ccc2cc(CN(C3CCCC3)[C@@H](c3nnnn3Cc3ccccc3)C(C)C)c(=O)[nH]c2c1. The third kappa shape index (κ3) is 5.04. The predicted molar refractivity (Wildman–Crippen MR) is 140 cm³/mol. The van der Waals surface area contributed by atoms with E-state index in [4.69, 9.17) is 4.74 Å².